The molecule has 156 valence electrons. The predicted octanol–water partition coefficient (Wildman–Crippen LogP) is 2.99. The summed E-state index contributed by atoms with van der Waals surface area (Å²) in [6, 6.07) is 4.50. The minimum atomic E-state index is -2.85. The molecule has 30 heavy (non-hydrogen) atoms. The number of carbonyl (C=O) groups excluding carboxylic acids is 1. The number of hydrogen-bond donors (Lipinski definition) is 1. The van der Waals surface area contributed by atoms with E-state index in [0.29, 0.717) is 36.1 Å². The van der Waals surface area contributed by atoms with E-state index in [2.05, 4.69) is 20.3 Å². The number of nitrogens with one attached hydrogen (secondary N) is 1. The van der Waals surface area contributed by atoms with E-state index in [1.807, 2.05) is 0 Å². The Labute approximate surface area is 170 Å². The number of alkyl halides is 2. The van der Waals surface area contributed by atoms with E-state index in [1.165, 1.54) is 17.2 Å². The van der Waals surface area contributed by atoms with Gasteiger partial charge in [0.15, 0.2) is 5.82 Å². The van der Waals surface area contributed by atoms with Gasteiger partial charge in [0.25, 0.3) is 5.92 Å². The van der Waals surface area contributed by atoms with E-state index in [-0.39, 0.29) is 12.5 Å². The Kier molecular flexibility index (Phi) is 4.37. The number of hydrogen-bond acceptors (Lipinski definition) is 5. The molecule has 1 aliphatic heterocycles. The SMILES string of the molecule is O=C(C1CC1(F)F)N1CCCC(Nc2ccnc(-c3cnc4ccc(F)cn34)n2)C1. The number of likely N-dealkylation sites (tertiary alicyclic amines) is 1. The van der Waals surface area contributed by atoms with E-state index in [1.54, 1.807) is 28.9 Å². The van der Waals surface area contributed by atoms with Crippen LogP contribution in [0, 0.1) is 11.7 Å². The van der Waals surface area contributed by atoms with E-state index in [0.717, 1.165) is 12.8 Å². The van der Waals surface area contributed by atoms with Crippen molar-refractivity contribution < 1.29 is 18.0 Å². The molecule has 7 nitrogen and oxygen atoms in total. The van der Waals surface area contributed by atoms with Crippen LogP contribution in [0.2, 0.25) is 0 Å². The lowest BCUT2D eigenvalue weighted by Gasteiger charge is -2.33. The molecular formula is C20H19F3N6O. The van der Waals surface area contributed by atoms with E-state index in [9.17, 15) is 18.0 Å². The predicted molar refractivity (Wildman–Crippen MR) is 102 cm³/mol. The smallest absolute Gasteiger partial charge is 0.260 e. The standard InChI is InChI=1S/C20H19F3N6O/c21-12-3-4-17-25-9-15(29(17)10-12)18-24-6-5-16(27-18)26-13-2-1-7-28(11-13)19(30)14-8-20(14,22)23/h3-6,9-10,13-14H,1-2,7-8,11H2,(H,24,26,27). The van der Waals surface area contributed by atoms with Gasteiger partial charge in [-0.1, -0.05) is 0 Å². The van der Waals surface area contributed by atoms with Gasteiger partial charge in [-0.05, 0) is 31.0 Å². The van der Waals surface area contributed by atoms with Gasteiger partial charge in [0.1, 0.15) is 28.9 Å². The van der Waals surface area contributed by atoms with Crippen LogP contribution in [0.3, 0.4) is 0 Å². The van der Waals surface area contributed by atoms with Crippen LogP contribution >= 0.6 is 0 Å². The minimum Gasteiger partial charge on any atom is -0.365 e. The summed E-state index contributed by atoms with van der Waals surface area (Å²) < 4.78 is 41.7. The fraction of sp³-hybridized carbons (Fsp3) is 0.400. The molecule has 3 aromatic rings. The molecule has 5 rings (SSSR count). The van der Waals surface area contributed by atoms with Gasteiger partial charge in [-0.3, -0.25) is 9.20 Å². The van der Waals surface area contributed by atoms with Crippen LogP contribution in [0.5, 0.6) is 0 Å². The third-order valence-electron chi connectivity index (χ3n) is 5.56. The molecule has 2 unspecified atom stereocenters. The summed E-state index contributed by atoms with van der Waals surface area (Å²) in [6.45, 7) is 0.845. The number of nitrogens with zero attached hydrogens (tertiary/aromatic N) is 5. The Morgan fingerprint density at radius 1 is 1.23 bits per heavy atom. The van der Waals surface area contributed by atoms with E-state index >= 15 is 0 Å². The molecule has 1 N–H and O–H groups in total. The molecule has 2 atom stereocenters. The van der Waals surface area contributed by atoms with Crippen molar-refractivity contribution in [2.75, 3.05) is 18.4 Å². The average molecular weight is 416 g/mol. The van der Waals surface area contributed by atoms with Crippen LogP contribution < -0.4 is 5.32 Å². The summed E-state index contributed by atoms with van der Waals surface area (Å²) in [6.07, 6.45) is 5.65. The monoisotopic (exact) mass is 416 g/mol. The number of piperidine rings is 1. The van der Waals surface area contributed by atoms with Crippen molar-refractivity contribution in [3.05, 3.63) is 42.6 Å². The first-order valence-electron chi connectivity index (χ1n) is 9.80. The molecule has 4 heterocycles. The molecule has 1 aliphatic carbocycles. The number of imidazole rings is 1. The van der Waals surface area contributed by atoms with Crippen LogP contribution in [0.15, 0.2) is 36.8 Å². The zero-order chi connectivity index (χ0) is 20.9. The molecule has 1 amide bonds. The van der Waals surface area contributed by atoms with Crippen LogP contribution in [-0.2, 0) is 4.79 Å². The minimum absolute atomic E-state index is 0.0996. The zero-order valence-electron chi connectivity index (χ0n) is 15.9. The molecule has 2 fully saturated rings. The van der Waals surface area contributed by atoms with Crippen molar-refractivity contribution in [2.45, 2.75) is 31.2 Å². The van der Waals surface area contributed by atoms with Crippen LogP contribution in [0.25, 0.3) is 17.2 Å². The Morgan fingerprint density at radius 2 is 2.07 bits per heavy atom. The van der Waals surface area contributed by atoms with Gasteiger partial charge >= 0.3 is 0 Å². The topological polar surface area (TPSA) is 75.4 Å². The van der Waals surface area contributed by atoms with E-state index < -0.39 is 23.6 Å². The van der Waals surface area contributed by atoms with Gasteiger partial charge in [-0.15, -0.1) is 0 Å². The Morgan fingerprint density at radius 3 is 2.87 bits per heavy atom. The number of pyridine rings is 1. The Hall–Kier alpha value is -3.17. The first-order valence-corrected chi connectivity index (χ1v) is 9.80. The highest BCUT2D eigenvalue weighted by Crippen LogP contribution is 2.49. The number of halogens is 3. The van der Waals surface area contributed by atoms with Crippen LogP contribution in [0.4, 0.5) is 19.0 Å². The highest BCUT2D eigenvalue weighted by molar-refractivity contribution is 5.83. The quantitative estimate of drug-likeness (QED) is 0.708. The largest absolute Gasteiger partial charge is 0.365 e. The fourth-order valence-electron chi connectivity index (χ4n) is 3.89. The first-order chi connectivity index (χ1) is 14.4. The van der Waals surface area contributed by atoms with Crippen molar-refractivity contribution in [3.63, 3.8) is 0 Å². The summed E-state index contributed by atoms with van der Waals surface area (Å²) in [5.74, 6) is -3.97. The maximum absolute atomic E-state index is 13.6. The molecule has 0 radical (unpaired) electrons. The van der Waals surface area contributed by atoms with Crippen LogP contribution in [-0.4, -0.2) is 55.2 Å². The molecule has 0 aromatic carbocycles. The molecule has 0 bridgehead atoms. The third kappa shape index (κ3) is 3.46. The van der Waals surface area contributed by atoms with Gasteiger partial charge in [0.05, 0.1) is 6.20 Å². The molecule has 1 saturated carbocycles. The second kappa shape index (κ2) is 6.96. The second-order valence-electron chi connectivity index (χ2n) is 7.77. The number of carbonyl (C=O) groups is 1. The summed E-state index contributed by atoms with van der Waals surface area (Å²) in [7, 11) is 0. The highest BCUT2D eigenvalue weighted by Gasteiger charge is 2.62. The summed E-state index contributed by atoms with van der Waals surface area (Å²) in [4.78, 5) is 26.8. The molecule has 2 aliphatic rings. The van der Waals surface area contributed by atoms with E-state index in [4.69, 9.17) is 0 Å². The van der Waals surface area contributed by atoms with Gasteiger partial charge in [0, 0.05) is 37.9 Å². The number of rotatable bonds is 4. The molecular weight excluding hydrogens is 397 g/mol. The molecule has 1 saturated heterocycles. The lowest BCUT2D eigenvalue weighted by atomic mass is 10.1. The Balaban J connectivity index is 1.32. The maximum atomic E-state index is 13.6. The normalized spacial score (nSPS) is 22.8. The maximum Gasteiger partial charge on any atom is 0.260 e. The lowest BCUT2D eigenvalue weighted by molar-refractivity contribution is -0.135. The lowest BCUT2D eigenvalue weighted by Crippen LogP contribution is -2.46. The average Bonchev–Trinajstić information content (AvgIpc) is 3.17. The van der Waals surface area contributed by atoms with Gasteiger partial charge in [-0.2, -0.15) is 0 Å². The van der Waals surface area contributed by atoms with Crippen molar-refractivity contribution >= 4 is 17.4 Å². The number of aromatic nitrogens is 4. The number of fused-ring (bicyclic) bond motifs is 1. The van der Waals surface area contributed by atoms with Crippen molar-refractivity contribution in [1.29, 1.82) is 0 Å². The number of anilines is 1. The summed E-state index contributed by atoms with van der Waals surface area (Å²) in [5, 5.41) is 3.27. The van der Waals surface area contributed by atoms with Gasteiger partial charge in [-0.25, -0.2) is 28.1 Å². The third-order valence-corrected chi connectivity index (χ3v) is 5.56. The van der Waals surface area contributed by atoms with Gasteiger partial charge in [0.2, 0.25) is 5.91 Å². The zero-order valence-corrected chi connectivity index (χ0v) is 15.9. The molecule has 0 spiro atoms. The van der Waals surface area contributed by atoms with Gasteiger partial charge < -0.3 is 10.2 Å². The molecule has 3 aromatic heterocycles. The summed E-state index contributed by atoms with van der Waals surface area (Å²) >= 11 is 0. The van der Waals surface area contributed by atoms with Crippen molar-refractivity contribution in [1.82, 2.24) is 24.3 Å². The Bertz CT molecular complexity index is 1120. The first kappa shape index (κ1) is 18.8. The molecule has 10 heteroatoms. The summed E-state index contributed by atoms with van der Waals surface area (Å²) in [5.41, 5.74) is 1.12. The number of amides is 1. The second-order valence-corrected chi connectivity index (χ2v) is 7.77. The highest BCUT2D eigenvalue weighted by atomic mass is 19.3. The fourth-order valence-corrected chi connectivity index (χ4v) is 3.89. The van der Waals surface area contributed by atoms with Crippen molar-refractivity contribution in [3.8, 4) is 11.5 Å². The van der Waals surface area contributed by atoms with Crippen LogP contribution in [0.1, 0.15) is 19.3 Å². The van der Waals surface area contributed by atoms with Crippen molar-refractivity contribution in [2.24, 2.45) is 5.92 Å².